The Morgan fingerprint density at radius 2 is 1.27 bits per heavy atom. The minimum absolute atomic E-state index is 0.0864. The van der Waals surface area contributed by atoms with Crippen LogP contribution in [0.3, 0.4) is 0 Å². The molecule has 0 aliphatic heterocycles. The van der Waals surface area contributed by atoms with Crippen molar-refractivity contribution in [1.29, 1.82) is 0 Å². The fourth-order valence-electron chi connectivity index (χ4n) is 3.11. The SMILES string of the molecule is CC(C)(NC(=O)C(c1ccccc1)c1ccccc1)c1ccc(F)cc1. The van der Waals surface area contributed by atoms with Gasteiger partial charge in [0.1, 0.15) is 5.82 Å². The highest BCUT2D eigenvalue weighted by atomic mass is 19.1. The van der Waals surface area contributed by atoms with Crippen LogP contribution in [0.1, 0.15) is 36.5 Å². The van der Waals surface area contributed by atoms with Gasteiger partial charge in [0.05, 0.1) is 11.5 Å². The molecule has 0 heterocycles. The Morgan fingerprint density at radius 3 is 1.73 bits per heavy atom. The normalized spacial score (nSPS) is 11.4. The molecular formula is C23H22FNO. The molecule has 3 rings (SSSR count). The van der Waals surface area contributed by atoms with Gasteiger partial charge >= 0.3 is 0 Å². The number of rotatable bonds is 5. The third kappa shape index (κ3) is 3.99. The van der Waals surface area contributed by atoms with Crippen molar-refractivity contribution in [2.75, 3.05) is 0 Å². The molecule has 3 heteroatoms. The first kappa shape index (κ1) is 17.9. The molecule has 1 amide bonds. The van der Waals surface area contributed by atoms with E-state index in [2.05, 4.69) is 5.32 Å². The Balaban J connectivity index is 1.92. The smallest absolute Gasteiger partial charge is 0.232 e. The largest absolute Gasteiger partial charge is 0.346 e. The van der Waals surface area contributed by atoms with Crippen LogP contribution < -0.4 is 5.32 Å². The maximum absolute atomic E-state index is 13.2. The third-order valence-corrected chi connectivity index (χ3v) is 4.53. The lowest BCUT2D eigenvalue weighted by Crippen LogP contribution is -2.43. The molecule has 0 aliphatic carbocycles. The lowest BCUT2D eigenvalue weighted by molar-refractivity contribution is -0.123. The number of benzene rings is 3. The fourth-order valence-corrected chi connectivity index (χ4v) is 3.11. The molecule has 0 fully saturated rings. The van der Waals surface area contributed by atoms with Crippen molar-refractivity contribution in [3.63, 3.8) is 0 Å². The topological polar surface area (TPSA) is 29.1 Å². The van der Waals surface area contributed by atoms with Crippen LogP contribution >= 0.6 is 0 Å². The van der Waals surface area contributed by atoms with Crippen molar-refractivity contribution < 1.29 is 9.18 Å². The molecular weight excluding hydrogens is 325 g/mol. The van der Waals surface area contributed by atoms with E-state index in [1.165, 1.54) is 12.1 Å². The molecule has 0 atom stereocenters. The first-order chi connectivity index (χ1) is 12.5. The Labute approximate surface area is 153 Å². The predicted octanol–water partition coefficient (Wildman–Crippen LogP) is 5.01. The lowest BCUT2D eigenvalue weighted by atomic mass is 9.88. The second kappa shape index (κ2) is 7.52. The third-order valence-electron chi connectivity index (χ3n) is 4.53. The van der Waals surface area contributed by atoms with Gasteiger partial charge in [-0.05, 0) is 42.7 Å². The van der Waals surface area contributed by atoms with Crippen molar-refractivity contribution in [3.05, 3.63) is 107 Å². The van der Waals surface area contributed by atoms with Crippen LogP contribution in [0, 0.1) is 5.82 Å². The van der Waals surface area contributed by atoms with Crippen LogP contribution in [-0.4, -0.2) is 5.91 Å². The van der Waals surface area contributed by atoms with E-state index in [1.807, 2.05) is 74.5 Å². The summed E-state index contributed by atoms with van der Waals surface area (Å²) in [5, 5.41) is 3.13. The zero-order chi connectivity index (χ0) is 18.6. The van der Waals surface area contributed by atoms with Crippen LogP contribution in [0.25, 0.3) is 0 Å². The van der Waals surface area contributed by atoms with E-state index in [1.54, 1.807) is 12.1 Å². The van der Waals surface area contributed by atoms with E-state index in [4.69, 9.17) is 0 Å². The first-order valence-corrected chi connectivity index (χ1v) is 8.65. The summed E-state index contributed by atoms with van der Waals surface area (Å²) in [5.74, 6) is -0.781. The van der Waals surface area contributed by atoms with Crippen molar-refractivity contribution >= 4 is 5.91 Å². The predicted molar refractivity (Wildman–Crippen MR) is 102 cm³/mol. The van der Waals surface area contributed by atoms with Crippen LogP contribution in [0.15, 0.2) is 84.9 Å². The molecule has 3 aromatic carbocycles. The van der Waals surface area contributed by atoms with Crippen molar-refractivity contribution in [2.45, 2.75) is 25.3 Å². The van der Waals surface area contributed by atoms with E-state index < -0.39 is 11.5 Å². The zero-order valence-corrected chi connectivity index (χ0v) is 14.9. The Bertz CT molecular complexity index is 818. The van der Waals surface area contributed by atoms with E-state index in [0.29, 0.717) is 0 Å². The van der Waals surface area contributed by atoms with Crippen LogP contribution in [-0.2, 0) is 10.3 Å². The average molecular weight is 347 g/mol. The molecule has 2 nitrogen and oxygen atoms in total. The highest BCUT2D eigenvalue weighted by Gasteiger charge is 2.29. The summed E-state index contributed by atoms with van der Waals surface area (Å²) in [6.07, 6.45) is 0. The molecule has 0 aromatic heterocycles. The minimum Gasteiger partial charge on any atom is -0.346 e. The van der Waals surface area contributed by atoms with Gasteiger partial charge in [0.2, 0.25) is 5.91 Å². The zero-order valence-electron chi connectivity index (χ0n) is 14.9. The summed E-state index contributed by atoms with van der Waals surface area (Å²) in [6.45, 7) is 3.84. The Hall–Kier alpha value is -2.94. The fraction of sp³-hybridized carbons (Fsp3) is 0.174. The summed E-state index contributed by atoms with van der Waals surface area (Å²) in [4.78, 5) is 13.2. The summed E-state index contributed by atoms with van der Waals surface area (Å²) in [5.41, 5.74) is 2.11. The van der Waals surface area contributed by atoms with E-state index in [0.717, 1.165) is 16.7 Å². The van der Waals surface area contributed by atoms with E-state index in [-0.39, 0.29) is 11.7 Å². The van der Waals surface area contributed by atoms with Crippen molar-refractivity contribution in [2.24, 2.45) is 0 Å². The van der Waals surface area contributed by atoms with Gasteiger partial charge in [-0.25, -0.2) is 4.39 Å². The van der Waals surface area contributed by atoms with Gasteiger partial charge in [0, 0.05) is 0 Å². The van der Waals surface area contributed by atoms with Gasteiger partial charge < -0.3 is 5.32 Å². The standard InChI is InChI=1S/C23H22FNO/c1-23(2,19-13-15-20(24)16-14-19)25-22(26)21(17-9-5-3-6-10-17)18-11-7-4-8-12-18/h3-16,21H,1-2H3,(H,25,26). The second-order valence-corrected chi connectivity index (χ2v) is 6.88. The van der Waals surface area contributed by atoms with Crippen LogP contribution in [0.2, 0.25) is 0 Å². The molecule has 0 spiro atoms. The second-order valence-electron chi connectivity index (χ2n) is 6.88. The summed E-state index contributed by atoms with van der Waals surface area (Å²) in [6, 6.07) is 25.7. The average Bonchev–Trinajstić information content (AvgIpc) is 2.63. The number of carbonyl (C=O) groups is 1. The molecule has 3 aromatic rings. The molecule has 0 radical (unpaired) electrons. The number of nitrogens with one attached hydrogen (secondary N) is 1. The van der Waals surface area contributed by atoms with Gasteiger partial charge in [-0.1, -0.05) is 72.8 Å². The van der Waals surface area contributed by atoms with Crippen molar-refractivity contribution in [1.82, 2.24) is 5.32 Å². The maximum Gasteiger partial charge on any atom is 0.232 e. The number of halogens is 1. The Kier molecular flexibility index (Phi) is 5.17. The highest BCUT2D eigenvalue weighted by molar-refractivity contribution is 5.87. The van der Waals surface area contributed by atoms with Gasteiger partial charge in [-0.15, -0.1) is 0 Å². The molecule has 0 saturated heterocycles. The number of hydrogen-bond acceptors (Lipinski definition) is 1. The molecule has 26 heavy (non-hydrogen) atoms. The Morgan fingerprint density at radius 1 is 0.808 bits per heavy atom. The number of carbonyl (C=O) groups excluding carboxylic acids is 1. The first-order valence-electron chi connectivity index (χ1n) is 8.65. The molecule has 0 saturated carbocycles. The van der Waals surface area contributed by atoms with Crippen LogP contribution in [0.5, 0.6) is 0 Å². The summed E-state index contributed by atoms with van der Waals surface area (Å²) >= 11 is 0. The summed E-state index contributed by atoms with van der Waals surface area (Å²) < 4.78 is 13.2. The highest BCUT2D eigenvalue weighted by Crippen LogP contribution is 2.28. The van der Waals surface area contributed by atoms with Gasteiger partial charge in [-0.3, -0.25) is 4.79 Å². The van der Waals surface area contributed by atoms with E-state index >= 15 is 0 Å². The minimum atomic E-state index is -0.618. The van der Waals surface area contributed by atoms with Gasteiger partial charge in [-0.2, -0.15) is 0 Å². The van der Waals surface area contributed by atoms with E-state index in [9.17, 15) is 9.18 Å². The number of amides is 1. The maximum atomic E-state index is 13.2. The molecule has 0 aliphatic rings. The van der Waals surface area contributed by atoms with Crippen LogP contribution in [0.4, 0.5) is 4.39 Å². The molecule has 132 valence electrons. The van der Waals surface area contributed by atoms with Gasteiger partial charge in [0.25, 0.3) is 0 Å². The van der Waals surface area contributed by atoms with Gasteiger partial charge in [0.15, 0.2) is 0 Å². The molecule has 0 bridgehead atoms. The molecule has 1 N–H and O–H groups in total. The summed E-state index contributed by atoms with van der Waals surface area (Å²) in [7, 11) is 0. The van der Waals surface area contributed by atoms with Crippen molar-refractivity contribution in [3.8, 4) is 0 Å². The lowest BCUT2D eigenvalue weighted by Gasteiger charge is -2.30. The quantitative estimate of drug-likeness (QED) is 0.691. The monoisotopic (exact) mass is 347 g/mol. The number of hydrogen-bond donors (Lipinski definition) is 1. The molecule has 0 unspecified atom stereocenters.